The topological polar surface area (TPSA) is 0 Å². The highest BCUT2D eigenvalue weighted by Crippen LogP contribution is 2.40. The SMILES string of the molecule is CCc1ccc(CC(C)(C)C(C)(C)C)cc1. The van der Waals surface area contributed by atoms with Gasteiger partial charge >= 0.3 is 0 Å². The van der Waals surface area contributed by atoms with Crippen molar-refractivity contribution in [3.05, 3.63) is 35.4 Å². The Kier molecular flexibility index (Phi) is 3.83. The van der Waals surface area contributed by atoms with Crippen molar-refractivity contribution in [2.24, 2.45) is 10.8 Å². The lowest BCUT2D eigenvalue weighted by Crippen LogP contribution is -2.31. The lowest BCUT2D eigenvalue weighted by Gasteiger charge is -2.39. The molecule has 1 rings (SSSR count). The van der Waals surface area contributed by atoms with Gasteiger partial charge in [0, 0.05) is 0 Å². The molecule has 0 atom stereocenters. The van der Waals surface area contributed by atoms with Gasteiger partial charge in [0.2, 0.25) is 0 Å². The van der Waals surface area contributed by atoms with E-state index in [2.05, 4.69) is 65.8 Å². The summed E-state index contributed by atoms with van der Waals surface area (Å²) in [5, 5.41) is 0. The summed E-state index contributed by atoms with van der Waals surface area (Å²) >= 11 is 0. The van der Waals surface area contributed by atoms with Crippen molar-refractivity contribution in [3.63, 3.8) is 0 Å². The van der Waals surface area contributed by atoms with Crippen molar-refractivity contribution in [1.29, 1.82) is 0 Å². The Labute approximate surface area is 101 Å². The van der Waals surface area contributed by atoms with Crippen molar-refractivity contribution >= 4 is 0 Å². The predicted octanol–water partition coefficient (Wildman–Crippen LogP) is 4.86. The number of aryl methyl sites for hydroxylation is 1. The zero-order valence-electron chi connectivity index (χ0n) is 11.7. The van der Waals surface area contributed by atoms with Crippen LogP contribution in [0, 0.1) is 10.8 Å². The van der Waals surface area contributed by atoms with Crippen LogP contribution >= 0.6 is 0 Å². The van der Waals surface area contributed by atoms with E-state index in [-0.39, 0.29) is 0 Å². The second kappa shape index (κ2) is 4.61. The summed E-state index contributed by atoms with van der Waals surface area (Å²) in [6, 6.07) is 9.08. The third-order valence-electron chi connectivity index (χ3n) is 4.11. The summed E-state index contributed by atoms with van der Waals surface area (Å²) in [7, 11) is 0. The van der Waals surface area contributed by atoms with Gasteiger partial charge in [0.05, 0.1) is 0 Å². The summed E-state index contributed by atoms with van der Waals surface area (Å²) in [5.41, 5.74) is 3.56. The molecule has 0 aliphatic carbocycles. The fourth-order valence-corrected chi connectivity index (χ4v) is 1.67. The van der Waals surface area contributed by atoms with Crippen LogP contribution in [0.2, 0.25) is 0 Å². The van der Waals surface area contributed by atoms with E-state index in [4.69, 9.17) is 0 Å². The molecule has 0 N–H and O–H groups in total. The highest BCUT2D eigenvalue weighted by Gasteiger charge is 2.32. The third kappa shape index (κ3) is 3.10. The standard InChI is InChI=1S/C16H26/c1-7-13-8-10-14(11-9-13)12-16(5,6)15(2,3)4/h8-11H,7,12H2,1-6H3. The van der Waals surface area contributed by atoms with Gasteiger partial charge in [-0.15, -0.1) is 0 Å². The maximum atomic E-state index is 2.36. The van der Waals surface area contributed by atoms with E-state index in [1.54, 1.807) is 0 Å². The Morgan fingerprint density at radius 1 is 0.812 bits per heavy atom. The molecule has 0 fully saturated rings. The number of hydrogen-bond donors (Lipinski definition) is 0. The lowest BCUT2D eigenvalue weighted by atomic mass is 9.66. The van der Waals surface area contributed by atoms with E-state index in [9.17, 15) is 0 Å². The van der Waals surface area contributed by atoms with Gasteiger partial charge in [0.25, 0.3) is 0 Å². The molecular formula is C16H26. The van der Waals surface area contributed by atoms with Gasteiger partial charge in [-0.1, -0.05) is 65.8 Å². The van der Waals surface area contributed by atoms with E-state index in [1.807, 2.05) is 0 Å². The van der Waals surface area contributed by atoms with Crippen molar-refractivity contribution < 1.29 is 0 Å². The average Bonchev–Trinajstić information content (AvgIpc) is 2.16. The van der Waals surface area contributed by atoms with Crippen LogP contribution in [0.3, 0.4) is 0 Å². The molecule has 0 bridgehead atoms. The molecule has 16 heavy (non-hydrogen) atoms. The predicted molar refractivity (Wildman–Crippen MR) is 72.8 cm³/mol. The van der Waals surface area contributed by atoms with Crippen LogP contribution in [-0.2, 0) is 12.8 Å². The highest BCUT2D eigenvalue weighted by atomic mass is 14.4. The normalized spacial score (nSPS) is 12.9. The van der Waals surface area contributed by atoms with E-state index in [0.717, 1.165) is 12.8 Å². The monoisotopic (exact) mass is 218 g/mol. The molecule has 0 aliphatic rings. The lowest BCUT2D eigenvalue weighted by molar-refractivity contribution is 0.132. The molecule has 0 heterocycles. The van der Waals surface area contributed by atoms with Crippen LogP contribution in [0.4, 0.5) is 0 Å². The van der Waals surface area contributed by atoms with Crippen LogP contribution in [0.25, 0.3) is 0 Å². The average molecular weight is 218 g/mol. The van der Waals surface area contributed by atoms with Crippen molar-refractivity contribution in [2.45, 2.75) is 54.4 Å². The van der Waals surface area contributed by atoms with Crippen LogP contribution in [0.5, 0.6) is 0 Å². The summed E-state index contributed by atoms with van der Waals surface area (Å²) in [4.78, 5) is 0. The fourth-order valence-electron chi connectivity index (χ4n) is 1.67. The van der Waals surface area contributed by atoms with E-state index < -0.39 is 0 Å². The summed E-state index contributed by atoms with van der Waals surface area (Å²) in [6.45, 7) is 13.9. The molecule has 0 unspecified atom stereocenters. The molecule has 1 aromatic carbocycles. The Morgan fingerprint density at radius 3 is 1.62 bits per heavy atom. The van der Waals surface area contributed by atoms with E-state index in [1.165, 1.54) is 11.1 Å². The first-order valence-electron chi connectivity index (χ1n) is 6.34. The van der Waals surface area contributed by atoms with E-state index in [0.29, 0.717) is 10.8 Å². The van der Waals surface area contributed by atoms with Gasteiger partial charge in [-0.05, 0) is 34.8 Å². The van der Waals surface area contributed by atoms with E-state index >= 15 is 0 Å². The van der Waals surface area contributed by atoms with Gasteiger partial charge in [0.1, 0.15) is 0 Å². The molecule has 0 saturated heterocycles. The minimum Gasteiger partial charge on any atom is -0.0613 e. The molecule has 0 amide bonds. The maximum Gasteiger partial charge on any atom is -0.0222 e. The molecule has 0 radical (unpaired) electrons. The largest absolute Gasteiger partial charge is 0.0613 e. The zero-order valence-corrected chi connectivity index (χ0v) is 11.7. The molecule has 0 aliphatic heterocycles. The Hall–Kier alpha value is -0.780. The summed E-state index contributed by atoms with van der Waals surface area (Å²) in [6.07, 6.45) is 2.28. The maximum absolute atomic E-state index is 2.36. The molecule has 0 nitrogen and oxygen atoms in total. The summed E-state index contributed by atoms with van der Waals surface area (Å²) < 4.78 is 0. The molecular weight excluding hydrogens is 192 g/mol. The molecule has 90 valence electrons. The van der Waals surface area contributed by atoms with Crippen LogP contribution in [-0.4, -0.2) is 0 Å². The van der Waals surface area contributed by atoms with Crippen molar-refractivity contribution in [3.8, 4) is 0 Å². The van der Waals surface area contributed by atoms with Crippen molar-refractivity contribution in [1.82, 2.24) is 0 Å². The smallest absolute Gasteiger partial charge is 0.0222 e. The van der Waals surface area contributed by atoms with Gasteiger partial charge in [-0.25, -0.2) is 0 Å². The zero-order chi connectivity index (χ0) is 12.4. The second-order valence-corrected chi connectivity index (χ2v) is 6.48. The minimum atomic E-state index is 0.334. The number of rotatable bonds is 3. The molecule has 0 aromatic heterocycles. The first-order chi connectivity index (χ1) is 7.26. The van der Waals surface area contributed by atoms with Gasteiger partial charge < -0.3 is 0 Å². The fraction of sp³-hybridized carbons (Fsp3) is 0.625. The Morgan fingerprint density at radius 2 is 1.25 bits per heavy atom. The van der Waals surface area contributed by atoms with Gasteiger partial charge in [-0.3, -0.25) is 0 Å². The number of hydrogen-bond acceptors (Lipinski definition) is 0. The highest BCUT2D eigenvalue weighted by molar-refractivity contribution is 5.23. The van der Waals surface area contributed by atoms with Gasteiger partial charge in [-0.2, -0.15) is 0 Å². The Balaban J connectivity index is 2.80. The Bertz CT molecular complexity index is 322. The van der Waals surface area contributed by atoms with Crippen LogP contribution < -0.4 is 0 Å². The minimum absolute atomic E-state index is 0.334. The van der Waals surface area contributed by atoms with Gasteiger partial charge in [0.15, 0.2) is 0 Å². The molecule has 0 spiro atoms. The summed E-state index contributed by atoms with van der Waals surface area (Å²) in [5.74, 6) is 0. The molecule has 1 aromatic rings. The van der Waals surface area contributed by atoms with Crippen LogP contribution in [0.1, 0.15) is 52.7 Å². The second-order valence-electron chi connectivity index (χ2n) is 6.48. The molecule has 0 heteroatoms. The molecule has 0 saturated carbocycles. The van der Waals surface area contributed by atoms with Crippen molar-refractivity contribution in [2.75, 3.05) is 0 Å². The first kappa shape index (κ1) is 13.3. The quantitative estimate of drug-likeness (QED) is 0.679. The third-order valence-corrected chi connectivity index (χ3v) is 4.11. The van der Waals surface area contributed by atoms with Crippen LogP contribution in [0.15, 0.2) is 24.3 Å². The first-order valence-corrected chi connectivity index (χ1v) is 6.34. The number of benzene rings is 1.